The van der Waals surface area contributed by atoms with Crippen LogP contribution < -0.4 is 0 Å². The van der Waals surface area contributed by atoms with Gasteiger partial charge in [0.05, 0.1) is 0 Å². The maximum atomic E-state index is 12.2. The van der Waals surface area contributed by atoms with Gasteiger partial charge in [-0.25, -0.2) is 0 Å². The summed E-state index contributed by atoms with van der Waals surface area (Å²) in [4.78, 5) is 12.2. The molecule has 0 heterocycles. The van der Waals surface area contributed by atoms with Crippen LogP contribution in [0.25, 0.3) is 0 Å². The highest BCUT2D eigenvalue weighted by Crippen LogP contribution is 2.24. The maximum absolute atomic E-state index is 12.2. The van der Waals surface area contributed by atoms with Gasteiger partial charge in [0.2, 0.25) is 0 Å². The SMILES string of the molecule is CCCCCCCC/C=C\CCCCCCCC(=O)OC(C)(CC)CCCCC. The van der Waals surface area contributed by atoms with Crippen molar-refractivity contribution in [3.63, 3.8) is 0 Å². The second kappa shape index (κ2) is 20.5. The van der Waals surface area contributed by atoms with E-state index in [0.717, 1.165) is 32.1 Å². The van der Waals surface area contributed by atoms with Crippen LogP contribution in [0.5, 0.6) is 0 Å². The number of hydrogen-bond donors (Lipinski definition) is 0. The summed E-state index contributed by atoms with van der Waals surface area (Å²) in [6, 6.07) is 0. The van der Waals surface area contributed by atoms with Gasteiger partial charge >= 0.3 is 5.97 Å². The van der Waals surface area contributed by atoms with Crippen molar-refractivity contribution in [1.82, 2.24) is 0 Å². The highest BCUT2D eigenvalue weighted by atomic mass is 16.6. The molecule has 0 aliphatic heterocycles. The smallest absolute Gasteiger partial charge is 0.306 e. The molecule has 1 unspecified atom stereocenters. The van der Waals surface area contributed by atoms with Crippen LogP contribution in [0.3, 0.4) is 0 Å². The van der Waals surface area contributed by atoms with Gasteiger partial charge in [0.15, 0.2) is 0 Å². The van der Waals surface area contributed by atoms with Crippen LogP contribution in [0.2, 0.25) is 0 Å². The Balaban J connectivity index is 3.53. The number of rotatable bonds is 21. The molecule has 0 N–H and O–H groups in total. The number of ether oxygens (including phenoxy) is 1. The minimum Gasteiger partial charge on any atom is -0.459 e. The molecule has 2 nitrogen and oxygen atoms in total. The lowest BCUT2D eigenvalue weighted by molar-refractivity contribution is -0.159. The van der Waals surface area contributed by atoms with E-state index in [4.69, 9.17) is 4.74 Å². The Morgan fingerprint density at radius 1 is 0.690 bits per heavy atom. The summed E-state index contributed by atoms with van der Waals surface area (Å²) in [6.45, 7) is 8.71. The van der Waals surface area contributed by atoms with Crippen molar-refractivity contribution in [2.45, 2.75) is 155 Å². The van der Waals surface area contributed by atoms with E-state index in [1.165, 1.54) is 83.5 Å². The molecule has 1 atom stereocenters. The number of allylic oxidation sites excluding steroid dienone is 2. The molecule has 172 valence electrons. The second-order valence-electron chi connectivity index (χ2n) is 9.07. The van der Waals surface area contributed by atoms with Crippen molar-refractivity contribution < 1.29 is 9.53 Å². The minimum absolute atomic E-state index is 0.00322. The van der Waals surface area contributed by atoms with Gasteiger partial charge in [-0.05, 0) is 58.3 Å². The molecule has 0 bridgehead atoms. The highest BCUT2D eigenvalue weighted by Gasteiger charge is 2.25. The first-order chi connectivity index (χ1) is 14.1. The Morgan fingerprint density at radius 2 is 1.17 bits per heavy atom. The molecule has 0 amide bonds. The molecule has 2 heteroatoms. The lowest BCUT2D eigenvalue weighted by Gasteiger charge is -2.28. The van der Waals surface area contributed by atoms with Crippen LogP contribution in [-0.4, -0.2) is 11.6 Å². The van der Waals surface area contributed by atoms with Crippen LogP contribution in [0.4, 0.5) is 0 Å². The summed E-state index contributed by atoms with van der Waals surface area (Å²) < 4.78 is 5.80. The average molecular weight is 409 g/mol. The quantitative estimate of drug-likeness (QED) is 0.107. The van der Waals surface area contributed by atoms with Gasteiger partial charge in [0.1, 0.15) is 5.60 Å². The van der Waals surface area contributed by atoms with Crippen molar-refractivity contribution >= 4 is 5.97 Å². The molecule has 0 aromatic heterocycles. The van der Waals surface area contributed by atoms with Crippen molar-refractivity contribution in [3.8, 4) is 0 Å². The third kappa shape index (κ3) is 18.9. The van der Waals surface area contributed by atoms with E-state index in [1.807, 2.05) is 0 Å². The lowest BCUT2D eigenvalue weighted by atomic mass is 9.95. The van der Waals surface area contributed by atoms with Crippen LogP contribution in [0.1, 0.15) is 150 Å². The zero-order valence-electron chi connectivity index (χ0n) is 20.4. The highest BCUT2D eigenvalue weighted by molar-refractivity contribution is 5.69. The Labute approximate surface area is 183 Å². The van der Waals surface area contributed by atoms with Crippen molar-refractivity contribution in [1.29, 1.82) is 0 Å². The first-order valence-electron chi connectivity index (χ1n) is 12.9. The predicted octanol–water partition coefficient (Wildman–Crippen LogP) is 9.32. The Hall–Kier alpha value is -0.790. The third-order valence-electron chi connectivity index (χ3n) is 6.06. The monoisotopic (exact) mass is 408 g/mol. The molecule has 29 heavy (non-hydrogen) atoms. The summed E-state index contributed by atoms with van der Waals surface area (Å²) in [5, 5.41) is 0. The van der Waals surface area contributed by atoms with E-state index in [9.17, 15) is 4.79 Å². The van der Waals surface area contributed by atoms with E-state index in [0.29, 0.717) is 6.42 Å². The van der Waals surface area contributed by atoms with Crippen LogP contribution in [-0.2, 0) is 9.53 Å². The fourth-order valence-electron chi connectivity index (χ4n) is 3.71. The molecular formula is C27H52O2. The first kappa shape index (κ1) is 28.2. The molecule has 0 aliphatic rings. The van der Waals surface area contributed by atoms with Crippen LogP contribution in [0, 0.1) is 0 Å². The molecule has 0 aromatic rings. The van der Waals surface area contributed by atoms with Gasteiger partial charge in [0, 0.05) is 6.42 Å². The molecule has 0 fully saturated rings. The topological polar surface area (TPSA) is 26.3 Å². The number of carbonyl (C=O) groups excluding carboxylic acids is 1. The summed E-state index contributed by atoms with van der Waals surface area (Å²) in [5.74, 6) is 0.00322. The molecule has 0 saturated carbocycles. The maximum Gasteiger partial charge on any atom is 0.306 e. The number of carbonyl (C=O) groups is 1. The predicted molar refractivity (Wildman–Crippen MR) is 128 cm³/mol. The molecule has 0 aliphatic carbocycles. The van der Waals surface area contributed by atoms with E-state index in [-0.39, 0.29) is 11.6 Å². The zero-order chi connectivity index (χ0) is 21.6. The molecule has 0 radical (unpaired) electrons. The van der Waals surface area contributed by atoms with Gasteiger partial charge in [-0.15, -0.1) is 0 Å². The van der Waals surface area contributed by atoms with Crippen molar-refractivity contribution in [2.24, 2.45) is 0 Å². The van der Waals surface area contributed by atoms with Gasteiger partial charge in [0.25, 0.3) is 0 Å². The van der Waals surface area contributed by atoms with E-state index in [1.54, 1.807) is 0 Å². The molecular weight excluding hydrogens is 356 g/mol. The van der Waals surface area contributed by atoms with Crippen LogP contribution >= 0.6 is 0 Å². The number of unbranched alkanes of at least 4 members (excludes halogenated alkanes) is 13. The molecule has 0 saturated heterocycles. The number of hydrogen-bond acceptors (Lipinski definition) is 2. The van der Waals surface area contributed by atoms with Crippen molar-refractivity contribution in [3.05, 3.63) is 12.2 Å². The van der Waals surface area contributed by atoms with Gasteiger partial charge in [-0.1, -0.05) is 97.1 Å². The summed E-state index contributed by atoms with van der Waals surface area (Å²) in [6.07, 6.45) is 27.5. The van der Waals surface area contributed by atoms with Crippen molar-refractivity contribution in [2.75, 3.05) is 0 Å². The largest absolute Gasteiger partial charge is 0.459 e. The van der Waals surface area contributed by atoms with Crippen LogP contribution in [0.15, 0.2) is 12.2 Å². The van der Waals surface area contributed by atoms with Gasteiger partial charge in [-0.3, -0.25) is 4.79 Å². The summed E-state index contributed by atoms with van der Waals surface area (Å²) in [5.41, 5.74) is -0.256. The first-order valence-corrected chi connectivity index (χ1v) is 12.9. The molecule has 0 aromatic carbocycles. The third-order valence-corrected chi connectivity index (χ3v) is 6.06. The zero-order valence-corrected chi connectivity index (χ0v) is 20.4. The standard InChI is InChI=1S/C27H52O2/c1-5-8-10-11-12-13-14-15-16-17-18-19-20-21-22-24-26(28)29-27(4,7-3)25-23-9-6-2/h15-16H,5-14,17-25H2,1-4H3/b16-15-. The normalized spacial score (nSPS) is 13.7. The Morgan fingerprint density at radius 3 is 1.72 bits per heavy atom. The minimum atomic E-state index is -0.256. The van der Waals surface area contributed by atoms with E-state index in [2.05, 4.69) is 39.8 Å². The fraction of sp³-hybridized carbons (Fsp3) is 0.889. The average Bonchev–Trinajstić information content (AvgIpc) is 2.71. The molecule has 0 rings (SSSR count). The Bertz CT molecular complexity index is 388. The summed E-state index contributed by atoms with van der Waals surface area (Å²) >= 11 is 0. The second-order valence-corrected chi connectivity index (χ2v) is 9.07. The Kier molecular flexibility index (Phi) is 19.9. The fourth-order valence-corrected chi connectivity index (χ4v) is 3.71. The van der Waals surface area contributed by atoms with Gasteiger partial charge < -0.3 is 4.74 Å². The molecule has 0 spiro atoms. The lowest BCUT2D eigenvalue weighted by Crippen LogP contribution is -2.31. The number of esters is 1. The van der Waals surface area contributed by atoms with Gasteiger partial charge in [-0.2, -0.15) is 0 Å². The van der Waals surface area contributed by atoms with E-state index >= 15 is 0 Å². The van der Waals surface area contributed by atoms with E-state index < -0.39 is 0 Å². The summed E-state index contributed by atoms with van der Waals surface area (Å²) in [7, 11) is 0.